The van der Waals surface area contributed by atoms with Crippen LogP contribution < -0.4 is 5.32 Å². The molecule has 1 aliphatic rings. The number of morpholine rings is 1. The smallest absolute Gasteiger partial charge is 0.251 e. The van der Waals surface area contributed by atoms with Crippen LogP contribution >= 0.6 is 0 Å². The summed E-state index contributed by atoms with van der Waals surface area (Å²) in [5.74, 6) is 2.21. The van der Waals surface area contributed by atoms with Crippen LogP contribution in [0.3, 0.4) is 0 Å². The number of nitrogens with zero attached hydrogens (tertiary/aromatic N) is 3. The van der Waals surface area contributed by atoms with Gasteiger partial charge in [-0.25, -0.2) is 9.97 Å². The van der Waals surface area contributed by atoms with E-state index in [1.165, 1.54) is 0 Å². The van der Waals surface area contributed by atoms with Gasteiger partial charge in [-0.1, -0.05) is 0 Å². The maximum absolute atomic E-state index is 12.7. The monoisotopic (exact) mass is 397 g/mol. The van der Waals surface area contributed by atoms with Crippen molar-refractivity contribution in [1.82, 2.24) is 25.2 Å². The lowest BCUT2D eigenvalue weighted by molar-refractivity contribution is -0.106. The normalized spacial score (nSPS) is 21.4. The van der Waals surface area contributed by atoms with Gasteiger partial charge in [-0.3, -0.25) is 9.69 Å². The van der Waals surface area contributed by atoms with Crippen molar-refractivity contribution in [3.63, 3.8) is 0 Å². The average Bonchev–Trinajstić information content (AvgIpc) is 3.29. The quantitative estimate of drug-likeness (QED) is 0.687. The van der Waals surface area contributed by atoms with Crippen LogP contribution in [0.4, 0.5) is 0 Å². The number of fused-ring (bicyclic) bond motifs is 1. The summed E-state index contributed by atoms with van der Waals surface area (Å²) in [5, 5.41) is 3.02. The number of carbonyl (C=O) groups is 1. The predicted molar refractivity (Wildman–Crippen MR) is 109 cm³/mol. The first-order valence-electron chi connectivity index (χ1n) is 9.88. The molecule has 2 aromatic heterocycles. The zero-order chi connectivity index (χ0) is 20.6. The Morgan fingerprint density at radius 3 is 3.00 bits per heavy atom. The van der Waals surface area contributed by atoms with Crippen molar-refractivity contribution in [2.75, 3.05) is 26.2 Å². The largest absolute Gasteiger partial charge is 0.444 e. The number of rotatable bonds is 5. The van der Waals surface area contributed by atoms with Gasteiger partial charge in [0.2, 0.25) is 5.89 Å². The molecule has 0 spiro atoms. The first-order chi connectivity index (χ1) is 13.8. The van der Waals surface area contributed by atoms with E-state index in [-0.39, 0.29) is 11.9 Å². The summed E-state index contributed by atoms with van der Waals surface area (Å²) < 4.78 is 11.7. The maximum Gasteiger partial charge on any atom is 0.251 e. The van der Waals surface area contributed by atoms with E-state index in [9.17, 15) is 4.79 Å². The predicted octanol–water partition coefficient (Wildman–Crippen LogP) is 2.75. The van der Waals surface area contributed by atoms with Crippen molar-refractivity contribution in [3.05, 3.63) is 47.4 Å². The Bertz CT molecular complexity index is 1030. The van der Waals surface area contributed by atoms with Crippen molar-refractivity contribution in [2.45, 2.75) is 39.3 Å². The van der Waals surface area contributed by atoms with Gasteiger partial charge in [0.15, 0.2) is 0 Å². The molecular formula is C21H27N5O3. The molecule has 0 bridgehead atoms. The van der Waals surface area contributed by atoms with Crippen LogP contribution in [0, 0.1) is 13.8 Å². The van der Waals surface area contributed by atoms with Gasteiger partial charge in [0.25, 0.3) is 5.91 Å². The van der Waals surface area contributed by atoms with Gasteiger partial charge < -0.3 is 19.5 Å². The Kier molecular flexibility index (Phi) is 5.14. The summed E-state index contributed by atoms with van der Waals surface area (Å²) in [6, 6.07) is 5.53. The number of hydrogen-bond donors (Lipinski definition) is 2. The van der Waals surface area contributed by atoms with E-state index in [1.54, 1.807) is 12.3 Å². The Hall–Kier alpha value is -2.71. The molecule has 1 aliphatic heterocycles. The summed E-state index contributed by atoms with van der Waals surface area (Å²) in [7, 11) is 0. The number of aryl methyl sites for hydroxylation is 2. The number of oxazole rings is 1. The molecule has 8 nitrogen and oxygen atoms in total. The molecule has 1 aromatic carbocycles. The highest BCUT2D eigenvalue weighted by Gasteiger charge is 2.35. The fraction of sp³-hybridized carbons (Fsp3) is 0.476. The summed E-state index contributed by atoms with van der Waals surface area (Å²) in [6.07, 6.45) is 1.74. The van der Waals surface area contributed by atoms with E-state index in [1.807, 2.05) is 32.9 Å². The first kappa shape index (κ1) is 19.6. The van der Waals surface area contributed by atoms with E-state index in [0.29, 0.717) is 31.2 Å². The van der Waals surface area contributed by atoms with Crippen molar-refractivity contribution >= 4 is 16.9 Å². The second kappa shape index (κ2) is 7.61. The Balaban J connectivity index is 1.40. The molecule has 0 radical (unpaired) electrons. The van der Waals surface area contributed by atoms with Gasteiger partial charge in [0.05, 0.1) is 35.5 Å². The third-order valence-corrected chi connectivity index (χ3v) is 5.40. The number of nitrogens with one attached hydrogen (secondary N) is 2. The Morgan fingerprint density at radius 2 is 2.24 bits per heavy atom. The van der Waals surface area contributed by atoms with Crippen molar-refractivity contribution in [3.8, 4) is 0 Å². The lowest BCUT2D eigenvalue weighted by atomic mass is 10.0. The molecule has 3 aromatic rings. The van der Waals surface area contributed by atoms with E-state index in [4.69, 9.17) is 9.15 Å². The summed E-state index contributed by atoms with van der Waals surface area (Å²) >= 11 is 0. The molecular weight excluding hydrogens is 370 g/mol. The van der Waals surface area contributed by atoms with E-state index in [2.05, 4.69) is 32.1 Å². The molecule has 29 heavy (non-hydrogen) atoms. The summed E-state index contributed by atoms with van der Waals surface area (Å²) in [5.41, 5.74) is 1.82. The van der Waals surface area contributed by atoms with Crippen molar-refractivity contribution in [1.29, 1.82) is 0 Å². The lowest BCUT2D eigenvalue weighted by Crippen LogP contribution is -2.56. The first-order valence-corrected chi connectivity index (χ1v) is 9.88. The number of hydrogen-bond acceptors (Lipinski definition) is 6. The molecule has 4 rings (SSSR count). The molecule has 2 unspecified atom stereocenters. The van der Waals surface area contributed by atoms with Gasteiger partial charge in [-0.2, -0.15) is 0 Å². The SMILES string of the molecule is Cc1nc2ccc(C(=O)NCC3(C)CN(C(C)c4ncc(C)o4)CCO3)cc2[nH]1. The minimum atomic E-state index is -0.488. The number of carbonyl (C=O) groups excluding carboxylic acids is 1. The number of ether oxygens (including phenoxy) is 1. The van der Waals surface area contributed by atoms with Gasteiger partial charge in [-0.05, 0) is 45.9 Å². The van der Waals surface area contributed by atoms with Crippen LogP contribution in [-0.4, -0.2) is 57.6 Å². The molecule has 2 atom stereocenters. The fourth-order valence-electron chi connectivity index (χ4n) is 3.77. The molecule has 3 heterocycles. The minimum absolute atomic E-state index is 0.0497. The fourth-order valence-corrected chi connectivity index (χ4v) is 3.77. The number of aromatic amines is 1. The van der Waals surface area contributed by atoms with E-state index in [0.717, 1.165) is 29.2 Å². The molecule has 0 saturated carbocycles. The number of aromatic nitrogens is 3. The summed E-state index contributed by atoms with van der Waals surface area (Å²) in [4.78, 5) is 26.8. The van der Waals surface area contributed by atoms with Gasteiger partial charge in [0.1, 0.15) is 11.6 Å². The number of amides is 1. The van der Waals surface area contributed by atoms with Crippen molar-refractivity contribution in [2.24, 2.45) is 0 Å². The standard InChI is InChI=1S/C21H27N5O3/c1-13-10-22-20(29-13)14(2)26-7-8-28-21(4,12-26)11-23-19(27)16-5-6-17-18(9-16)25-15(3)24-17/h5-6,9-10,14H,7-8,11-12H2,1-4H3,(H,23,27)(H,24,25). The third-order valence-electron chi connectivity index (χ3n) is 5.40. The molecule has 1 saturated heterocycles. The highest BCUT2D eigenvalue weighted by Crippen LogP contribution is 2.26. The third kappa shape index (κ3) is 4.18. The molecule has 1 fully saturated rings. The van der Waals surface area contributed by atoms with Gasteiger partial charge >= 0.3 is 0 Å². The van der Waals surface area contributed by atoms with Crippen LogP contribution in [-0.2, 0) is 4.74 Å². The molecule has 1 amide bonds. The van der Waals surface area contributed by atoms with Crippen LogP contribution in [0.25, 0.3) is 11.0 Å². The number of H-pyrrole nitrogens is 1. The molecule has 0 aliphatic carbocycles. The van der Waals surface area contributed by atoms with Crippen LogP contribution in [0.2, 0.25) is 0 Å². The molecule has 154 valence electrons. The Morgan fingerprint density at radius 1 is 1.41 bits per heavy atom. The zero-order valence-electron chi connectivity index (χ0n) is 17.3. The summed E-state index contributed by atoms with van der Waals surface area (Å²) in [6.45, 7) is 10.4. The van der Waals surface area contributed by atoms with Crippen molar-refractivity contribution < 1.29 is 13.9 Å². The molecule has 2 N–H and O–H groups in total. The number of imidazole rings is 1. The van der Waals surface area contributed by atoms with Crippen LogP contribution in [0.1, 0.15) is 47.7 Å². The second-order valence-corrected chi connectivity index (χ2v) is 7.99. The van der Waals surface area contributed by atoms with Gasteiger partial charge in [-0.15, -0.1) is 0 Å². The number of benzene rings is 1. The highest BCUT2D eigenvalue weighted by atomic mass is 16.5. The zero-order valence-corrected chi connectivity index (χ0v) is 17.3. The average molecular weight is 397 g/mol. The van der Waals surface area contributed by atoms with Crippen LogP contribution in [0.5, 0.6) is 0 Å². The Labute approximate surface area is 169 Å². The second-order valence-electron chi connectivity index (χ2n) is 7.99. The highest BCUT2D eigenvalue weighted by molar-refractivity contribution is 5.97. The maximum atomic E-state index is 12.7. The van der Waals surface area contributed by atoms with Crippen LogP contribution in [0.15, 0.2) is 28.8 Å². The van der Waals surface area contributed by atoms with E-state index >= 15 is 0 Å². The van der Waals surface area contributed by atoms with Gasteiger partial charge in [0, 0.05) is 25.2 Å². The minimum Gasteiger partial charge on any atom is -0.444 e. The molecule has 8 heteroatoms. The van der Waals surface area contributed by atoms with E-state index < -0.39 is 5.60 Å². The lowest BCUT2D eigenvalue weighted by Gasteiger charge is -2.42. The topological polar surface area (TPSA) is 96.3 Å².